The fourth-order valence-electron chi connectivity index (χ4n) is 2.79. The first-order chi connectivity index (χ1) is 10.3. The lowest BCUT2D eigenvalue weighted by molar-refractivity contribution is -0.122. The minimum Gasteiger partial charge on any atom is -0.433 e. The Kier molecular flexibility index (Phi) is 7.04. The van der Waals surface area contributed by atoms with Crippen molar-refractivity contribution in [2.24, 2.45) is 11.7 Å². The van der Waals surface area contributed by atoms with Crippen molar-refractivity contribution in [1.29, 1.82) is 0 Å². The first kappa shape index (κ1) is 19.9. The fraction of sp³-hybridized carbons (Fsp3) is 0.533. The van der Waals surface area contributed by atoms with Crippen molar-refractivity contribution >= 4 is 35.6 Å². The van der Waals surface area contributed by atoms with E-state index in [1.165, 1.54) is 18.2 Å². The van der Waals surface area contributed by atoms with Crippen molar-refractivity contribution in [1.82, 2.24) is 0 Å². The summed E-state index contributed by atoms with van der Waals surface area (Å²) in [5.74, 6) is -0.587. The Morgan fingerprint density at radius 1 is 1.48 bits per heavy atom. The Labute approximate surface area is 145 Å². The Hall–Kier alpha value is -1.11. The molecule has 1 aromatic rings. The van der Waals surface area contributed by atoms with Gasteiger partial charge in [-0.1, -0.05) is 24.4 Å². The molecule has 2 rings (SSSR count). The van der Waals surface area contributed by atoms with Crippen LogP contribution in [0.15, 0.2) is 18.2 Å². The molecule has 1 fully saturated rings. The number of carbonyl (C=O) groups excluding carboxylic acids is 1. The number of anilines is 1. The topological polar surface area (TPSA) is 64.4 Å². The van der Waals surface area contributed by atoms with Gasteiger partial charge in [-0.15, -0.1) is 12.4 Å². The number of ether oxygens (including phenoxy) is 1. The van der Waals surface area contributed by atoms with Crippen LogP contribution in [-0.4, -0.2) is 18.1 Å². The fourth-order valence-corrected chi connectivity index (χ4v) is 3.01. The summed E-state index contributed by atoms with van der Waals surface area (Å²) >= 11 is 5.86. The number of benzene rings is 1. The van der Waals surface area contributed by atoms with Crippen LogP contribution >= 0.6 is 24.0 Å². The predicted octanol–water partition coefficient (Wildman–Crippen LogP) is 4.21. The van der Waals surface area contributed by atoms with Crippen molar-refractivity contribution in [3.63, 3.8) is 0 Å². The second-order valence-corrected chi connectivity index (χ2v) is 6.22. The zero-order chi connectivity index (χ0) is 16.3. The third-order valence-electron chi connectivity index (χ3n) is 3.99. The standard InChI is InChI=1S/C15H19ClF2N2O2.ClH/c1-15(19)7-3-2-4-10(15)13(21)20-9-5-6-12(11(16)8-9)22-14(17)18;/h5-6,8,10,14H,2-4,7,19H2,1H3,(H,20,21);1H. The number of halogens is 4. The molecule has 4 nitrogen and oxygen atoms in total. The van der Waals surface area contributed by atoms with Gasteiger partial charge in [0.15, 0.2) is 0 Å². The highest BCUT2D eigenvalue weighted by molar-refractivity contribution is 6.32. The summed E-state index contributed by atoms with van der Waals surface area (Å²) in [5, 5.41) is 2.75. The lowest BCUT2D eigenvalue weighted by atomic mass is 9.74. The molecule has 0 saturated heterocycles. The molecule has 1 aromatic carbocycles. The molecule has 0 aliphatic heterocycles. The number of amides is 1. The predicted molar refractivity (Wildman–Crippen MR) is 88.5 cm³/mol. The lowest BCUT2D eigenvalue weighted by Crippen LogP contribution is -2.51. The molecule has 1 amide bonds. The van der Waals surface area contributed by atoms with Crippen molar-refractivity contribution < 1.29 is 18.3 Å². The summed E-state index contributed by atoms with van der Waals surface area (Å²) in [5.41, 5.74) is 6.09. The first-order valence-corrected chi connectivity index (χ1v) is 7.51. The summed E-state index contributed by atoms with van der Waals surface area (Å²) in [6.45, 7) is -1.07. The molecule has 0 heterocycles. The van der Waals surface area contributed by atoms with E-state index in [1.807, 2.05) is 6.92 Å². The van der Waals surface area contributed by atoms with E-state index in [2.05, 4.69) is 10.1 Å². The van der Waals surface area contributed by atoms with E-state index in [-0.39, 0.29) is 35.0 Å². The van der Waals surface area contributed by atoms with Crippen LogP contribution in [0, 0.1) is 5.92 Å². The van der Waals surface area contributed by atoms with Crippen molar-refractivity contribution in [2.75, 3.05) is 5.32 Å². The van der Waals surface area contributed by atoms with Gasteiger partial charge in [0.1, 0.15) is 5.75 Å². The number of nitrogens with one attached hydrogen (secondary N) is 1. The molecular formula is C15H20Cl2F2N2O2. The van der Waals surface area contributed by atoms with E-state index >= 15 is 0 Å². The lowest BCUT2D eigenvalue weighted by Gasteiger charge is -2.37. The van der Waals surface area contributed by atoms with Gasteiger partial charge in [0.25, 0.3) is 0 Å². The number of hydrogen-bond donors (Lipinski definition) is 2. The monoisotopic (exact) mass is 368 g/mol. The molecule has 130 valence electrons. The molecule has 0 bridgehead atoms. The van der Waals surface area contributed by atoms with Crippen LogP contribution in [0.25, 0.3) is 0 Å². The zero-order valence-electron chi connectivity index (χ0n) is 12.7. The first-order valence-electron chi connectivity index (χ1n) is 7.14. The van der Waals surface area contributed by atoms with Gasteiger partial charge in [0, 0.05) is 11.2 Å². The van der Waals surface area contributed by atoms with Crippen molar-refractivity contribution in [2.45, 2.75) is 44.8 Å². The highest BCUT2D eigenvalue weighted by Crippen LogP contribution is 2.33. The molecule has 3 N–H and O–H groups in total. The Morgan fingerprint density at radius 2 is 2.17 bits per heavy atom. The minimum absolute atomic E-state index is 0. The summed E-state index contributed by atoms with van der Waals surface area (Å²) in [6.07, 6.45) is 3.52. The third kappa shape index (κ3) is 5.19. The number of nitrogens with two attached hydrogens (primary N) is 1. The van der Waals surface area contributed by atoms with Crippen LogP contribution in [0.1, 0.15) is 32.6 Å². The molecule has 0 radical (unpaired) electrons. The van der Waals surface area contributed by atoms with Gasteiger partial charge in [-0.3, -0.25) is 4.79 Å². The van der Waals surface area contributed by atoms with Crippen LogP contribution in [0.5, 0.6) is 5.75 Å². The molecule has 0 spiro atoms. The minimum atomic E-state index is -2.95. The van der Waals surface area contributed by atoms with E-state index in [9.17, 15) is 13.6 Å². The van der Waals surface area contributed by atoms with Gasteiger partial charge in [0.05, 0.1) is 10.9 Å². The Bertz CT molecular complexity index is 556. The Balaban J connectivity index is 0.00000264. The molecule has 1 aliphatic carbocycles. The largest absolute Gasteiger partial charge is 0.433 e. The molecule has 8 heteroatoms. The highest BCUT2D eigenvalue weighted by Gasteiger charge is 2.37. The number of hydrogen-bond acceptors (Lipinski definition) is 3. The summed E-state index contributed by atoms with van der Waals surface area (Å²) in [4.78, 5) is 12.4. The molecule has 0 aromatic heterocycles. The highest BCUT2D eigenvalue weighted by atomic mass is 35.5. The maximum absolute atomic E-state index is 12.4. The van der Waals surface area contributed by atoms with Crippen molar-refractivity contribution in [3.8, 4) is 5.75 Å². The summed E-state index contributed by atoms with van der Waals surface area (Å²) in [7, 11) is 0. The maximum Gasteiger partial charge on any atom is 0.387 e. The number of carbonyl (C=O) groups is 1. The van der Waals surface area contributed by atoms with E-state index in [0.29, 0.717) is 5.69 Å². The van der Waals surface area contributed by atoms with E-state index < -0.39 is 12.2 Å². The van der Waals surface area contributed by atoms with E-state index in [4.69, 9.17) is 17.3 Å². The van der Waals surface area contributed by atoms with Crippen LogP contribution in [0.4, 0.5) is 14.5 Å². The molecule has 1 aliphatic rings. The van der Waals surface area contributed by atoms with Gasteiger partial charge in [-0.05, 0) is 38.0 Å². The van der Waals surface area contributed by atoms with Gasteiger partial charge >= 0.3 is 6.61 Å². The van der Waals surface area contributed by atoms with Crippen LogP contribution in [-0.2, 0) is 4.79 Å². The maximum atomic E-state index is 12.4. The summed E-state index contributed by atoms with van der Waals surface area (Å²) < 4.78 is 28.6. The quantitative estimate of drug-likeness (QED) is 0.836. The third-order valence-corrected chi connectivity index (χ3v) is 4.28. The SMILES string of the molecule is CC1(N)CCCCC1C(=O)Nc1ccc(OC(F)F)c(Cl)c1.Cl. The van der Waals surface area contributed by atoms with Crippen LogP contribution in [0.2, 0.25) is 5.02 Å². The van der Waals surface area contributed by atoms with E-state index in [1.54, 1.807) is 0 Å². The zero-order valence-corrected chi connectivity index (χ0v) is 14.2. The average Bonchev–Trinajstić information content (AvgIpc) is 2.40. The van der Waals surface area contributed by atoms with Gasteiger partial charge in [-0.25, -0.2) is 0 Å². The normalized spacial score (nSPS) is 24.0. The average molecular weight is 369 g/mol. The molecule has 2 unspecified atom stereocenters. The van der Waals surface area contributed by atoms with Crippen LogP contribution < -0.4 is 15.8 Å². The van der Waals surface area contributed by atoms with Gasteiger partial charge < -0.3 is 15.8 Å². The smallest absolute Gasteiger partial charge is 0.387 e. The van der Waals surface area contributed by atoms with E-state index in [0.717, 1.165) is 25.7 Å². The second-order valence-electron chi connectivity index (χ2n) is 5.82. The number of rotatable bonds is 4. The van der Waals surface area contributed by atoms with Gasteiger partial charge in [0.2, 0.25) is 5.91 Å². The van der Waals surface area contributed by atoms with Crippen LogP contribution in [0.3, 0.4) is 0 Å². The molecular weight excluding hydrogens is 349 g/mol. The van der Waals surface area contributed by atoms with Gasteiger partial charge in [-0.2, -0.15) is 8.78 Å². The molecule has 1 saturated carbocycles. The molecule has 2 atom stereocenters. The number of alkyl halides is 2. The molecule has 23 heavy (non-hydrogen) atoms. The van der Waals surface area contributed by atoms with Crippen molar-refractivity contribution in [3.05, 3.63) is 23.2 Å². The summed E-state index contributed by atoms with van der Waals surface area (Å²) in [6, 6.07) is 4.15. The second kappa shape index (κ2) is 8.13. The Morgan fingerprint density at radius 3 is 2.74 bits per heavy atom.